The Labute approximate surface area is 90.6 Å². The molecule has 0 aromatic heterocycles. The lowest BCUT2D eigenvalue weighted by Crippen LogP contribution is -2.56. The summed E-state index contributed by atoms with van der Waals surface area (Å²) in [6.07, 6.45) is 0. The number of carbonyl (C=O) groups excluding carboxylic acids is 1. The van der Waals surface area contributed by atoms with E-state index in [-0.39, 0.29) is 5.91 Å². The molecule has 1 fully saturated rings. The van der Waals surface area contributed by atoms with Gasteiger partial charge in [0, 0.05) is 30.9 Å². The van der Waals surface area contributed by atoms with Crippen molar-refractivity contribution in [1.82, 2.24) is 10.2 Å². The molecule has 0 spiro atoms. The highest BCUT2D eigenvalue weighted by molar-refractivity contribution is 7.81. The molecule has 0 aromatic carbocycles. The summed E-state index contributed by atoms with van der Waals surface area (Å²) >= 11 is 4.32. The van der Waals surface area contributed by atoms with Gasteiger partial charge in [-0.2, -0.15) is 12.6 Å². The number of hydrogen-bond acceptors (Lipinski definition) is 4. The van der Waals surface area contributed by atoms with Crippen LogP contribution in [0.2, 0.25) is 0 Å². The van der Waals surface area contributed by atoms with Crippen molar-refractivity contribution in [3.05, 3.63) is 0 Å². The largest absolute Gasteiger partial charge is 0.339 e. The second-order valence-corrected chi connectivity index (χ2v) is 5.36. The highest BCUT2D eigenvalue weighted by Gasteiger charge is 2.32. The summed E-state index contributed by atoms with van der Waals surface area (Å²) in [5.41, 5.74) is 5.84. The van der Waals surface area contributed by atoms with E-state index >= 15 is 0 Å². The monoisotopic (exact) mass is 217 g/mol. The summed E-state index contributed by atoms with van der Waals surface area (Å²) in [7, 11) is 0. The molecule has 1 unspecified atom stereocenters. The van der Waals surface area contributed by atoms with Gasteiger partial charge in [-0.05, 0) is 13.8 Å². The first-order valence-corrected chi connectivity index (χ1v) is 5.35. The summed E-state index contributed by atoms with van der Waals surface area (Å²) in [6, 6.07) is -0.524. The van der Waals surface area contributed by atoms with Crippen LogP contribution >= 0.6 is 12.6 Å². The number of nitrogens with two attached hydrogens (primary N) is 1. The number of nitrogens with one attached hydrogen (secondary N) is 1. The summed E-state index contributed by atoms with van der Waals surface area (Å²) < 4.78 is -0.456. The third kappa shape index (κ3) is 2.87. The third-order valence-corrected chi connectivity index (χ3v) is 2.73. The molecule has 0 radical (unpaired) electrons. The lowest BCUT2D eigenvalue weighted by Gasteiger charge is -2.33. The predicted octanol–water partition coefficient (Wildman–Crippen LogP) is -0.546. The molecule has 0 aromatic rings. The Kier molecular flexibility index (Phi) is 3.80. The Morgan fingerprint density at radius 2 is 2.00 bits per heavy atom. The van der Waals surface area contributed by atoms with Gasteiger partial charge in [0.2, 0.25) is 5.91 Å². The first-order valence-electron chi connectivity index (χ1n) is 4.90. The smallest absolute Gasteiger partial charge is 0.240 e. The summed E-state index contributed by atoms with van der Waals surface area (Å²) in [4.78, 5) is 13.7. The van der Waals surface area contributed by atoms with E-state index in [1.807, 2.05) is 13.8 Å². The molecule has 1 saturated heterocycles. The van der Waals surface area contributed by atoms with Gasteiger partial charge in [0.1, 0.15) is 0 Å². The lowest BCUT2D eigenvalue weighted by molar-refractivity contribution is -0.133. The van der Waals surface area contributed by atoms with Gasteiger partial charge in [-0.1, -0.05) is 0 Å². The molecule has 1 rings (SSSR count). The van der Waals surface area contributed by atoms with Crippen LogP contribution in [0.15, 0.2) is 0 Å². The van der Waals surface area contributed by atoms with Crippen LogP contribution in [0.1, 0.15) is 13.8 Å². The number of carbonyl (C=O) groups is 1. The van der Waals surface area contributed by atoms with Crippen LogP contribution in [0, 0.1) is 0 Å². The van der Waals surface area contributed by atoms with Crippen LogP contribution in [0.5, 0.6) is 0 Å². The minimum absolute atomic E-state index is 0.00602. The zero-order valence-corrected chi connectivity index (χ0v) is 9.68. The van der Waals surface area contributed by atoms with Crippen molar-refractivity contribution >= 4 is 18.5 Å². The number of rotatable bonds is 2. The molecular formula is C9H19N3OS. The standard InChI is InChI=1S/C9H19N3OS/c1-9(2,14)7(10)8(13)12-5-3-11-4-6-12/h7,11,14H,3-6,10H2,1-2H3. The van der Waals surface area contributed by atoms with Crippen molar-refractivity contribution in [1.29, 1.82) is 0 Å². The predicted molar refractivity (Wildman–Crippen MR) is 60.5 cm³/mol. The van der Waals surface area contributed by atoms with Crippen molar-refractivity contribution in [2.75, 3.05) is 26.2 Å². The van der Waals surface area contributed by atoms with Crippen molar-refractivity contribution in [2.24, 2.45) is 5.73 Å². The molecule has 0 saturated carbocycles. The van der Waals surface area contributed by atoms with Crippen molar-refractivity contribution in [3.63, 3.8) is 0 Å². The lowest BCUT2D eigenvalue weighted by atomic mass is 10.0. The summed E-state index contributed by atoms with van der Waals surface area (Å²) in [5.74, 6) is 0.00602. The van der Waals surface area contributed by atoms with Crippen LogP contribution in [0.3, 0.4) is 0 Å². The Morgan fingerprint density at radius 1 is 1.50 bits per heavy atom. The highest BCUT2D eigenvalue weighted by Crippen LogP contribution is 2.17. The van der Waals surface area contributed by atoms with Gasteiger partial charge in [-0.15, -0.1) is 0 Å². The number of hydrogen-bond donors (Lipinski definition) is 3. The number of piperazine rings is 1. The van der Waals surface area contributed by atoms with E-state index in [0.29, 0.717) is 0 Å². The van der Waals surface area contributed by atoms with Gasteiger partial charge in [-0.25, -0.2) is 0 Å². The van der Waals surface area contributed by atoms with Crippen LogP contribution < -0.4 is 11.1 Å². The normalized spacial score (nSPS) is 20.7. The van der Waals surface area contributed by atoms with E-state index in [1.54, 1.807) is 4.90 Å². The Balaban J connectivity index is 2.55. The minimum Gasteiger partial charge on any atom is -0.339 e. The van der Waals surface area contributed by atoms with E-state index < -0.39 is 10.8 Å². The molecule has 0 bridgehead atoms. The van der Waals surface area contributed by atoms with Crippen LogP contribution in [-0.4, -0.2) is 47.8 Å². The van der Waals surface area contributed by atoms with Crippen LogP contribution in [-0.2, 0) is 4.79 Å². The average Bonchev–Trinajstić information content (AvgIpc) is 2.15. The van der Waals surface area contributed by atoms with E-state index in [1.165, 1.54) is 0 Å². The quantitative estimate of drug-likeness (QED) is 0.544. The molecule has 1 heterocycles. The van der Waals surface area contributed by atoms with Crippen molar-refractivity contribution in [2.45, 2.75) is 24.6 Å². The molecule has 4 nitrogen and oxygen atoms in total. The molecule has 14 heavy (non-hydrogen) atoms. The SMILES string of the molecule is CC(C)(S)C(N)C(=O)N1CCNCC1. The topological polar surface area (TPSA) is 58.4 Å². The van der Waals surface area contributed by atoms with Gasteiger partial charge < -0.3 is 16.0 Å². The molecule has 82 valence electrons. The van der Waals surface area contributed by atoms with Gasteiger partial charge in [0.15, 0.2) is 0 Å². The third-order valence-electron chi connectivity index (χ3n) is 2.46. The van der Waals surface area contributed by atoms with E-state index in [0.717, 1.165) is 26.2 Å². The highest BCUT2D eigenvalue weighted by atomic mass is 32.1. The second kappa shape index (κ2) is 4.51. The first kappa shape index (κ1) is 11.8. The van der Waals surface area contributed by atoms with Gasteiger partial charge >= 0.3 is 0 Å². The van der Waals surface area contributed by atoms with Gasteiger partial charge in [-0.3, -0.25) is 4.79 Å². The fourth-order valence-corrected chi connectivity index (χ4v) is 1.49. The van der Waals surface area contributed by atoms with E-state index in [9.17, 15) is 4.79 Å². The number of amides is 1. The molecule has 1 aliphatic heterocycles. The van der Waals surface area contributed by atoms with Crippen molar-refractivity contribution in [3.8, 4) is 0 Å². The maximum absolute atomic E-state index is 11.9. The zero-order valence-electron chi connectivity index (χ0n) is 8.79. The van der Waals surface area contributed by atoms with Crippen LogP contribution in [0.25, 0.3) is 0 Å². The average molecular weight is 217 g/mol. The molecular weight excluding hydrogens is 198 g/mol. The summed E-state index contributed by atoms with van der Waals surface area (Å²) in [5, 5.41) is 3.19. The maximum Gasteiger partial charge on any atom is 0.240 e. The van der Waals surface area contributed by atoms with Crippen LogP contribution in [0.4, 0.5) is 0 Å². The molecule has 3 N–H and O–H groups in total. The molecule has 5 heteroatoms. The Morgan fingerprint density at radius 3 is 2.43 bits per heavy atom. The first-order chi connectivity index (χ1) is 6.43. The van der Waals surface area contributed by atoms with Crippen molar-refractivity contribution < 1.29 is 4.79 Å². The molecule has 0 aliphatic carbocycles. The zero-order chi connectivity index (χ0) is 10.8. The molecule has 1 atom stereocenters. The number of thiol groups is 1. The van der Waals surface area contributed by atoms with E-state index in [4.69, 9.17) is 5.73 Å². The second-order valence-electron chi connectivity index (χ2n) is 4.21. The molecule has 1 aliphatic rings. The van der Waals surface area contributed by atoms with Gasteiger partial charge in [0.25, 0.3) is 0 Å². The Bertz CT molecular complexity index is 209. The summed E-state index contributed by atoms with van der Waals surface area (Å²) in [6.45, 7) is 6.92. The maximum atomic E-state index is 11.9. The van der Waals surface area contributed by atoms with E-state index in [2.05, 4.69) is 17.9 Å². The fraction of sp³-hybridized carbons (Fsp3) is 0.889. The molecule has 1 amide bonds. The minimum atomic E-state index is -0.524. The Hall–Kier alpha value is -0.260. The number of nitrogens with zero attached hydrogens (tertiary/aromatic N) is 1. The van der Waals surface area contributed by atoms with Gasteiger partial charge in [0.05, 0.1) is 6.04 Å². The fourth-order valence-electron chi connectivity index (χ4n) is 1.38.